The first-order valence-corrected chi connectivity index (χ1v) is 8.98. The molecule has 0 bridgehead atoms. The van der Waals surface area contributed by atoms with Gasteiger partial charge in [0, 0.05) is 0 Å². The van der Waals surface area contributed by atoms with Crippen LogP contribution in [0.1, 0.15) is 12.5 Å². The van der Waals surface area contributed by atoms with E-state index in [1.165, 1.54) is 18.2 Å². The van der Waals surface area contributed by atoms with Crippen LogP contribution in [-0.4, -0.2) is 42.1 Å². The summed E-state index contributed by atoms with van der Waals surface area (Å²) in [6.45, 7) is 1.83. The lowest BCUT2D eigenvalue weighted by atomic mass is 10.1. The zero-order valence-electron chi connectivity index (χ0n) is 16.0. The van der Waals surface area contributed by atoms with Gasteiger partial charge >= 0.3 is 12.0 Å². The smallest absolute Gasteiger partial charge is 0.341 e. The highest BCUT2D eigenvalue weighted by Crippen LogP contribution is 2.24. The van der Waals surface area contributed by atoms with Gasteiger partial charge in [-0.25, -0.2) is 14.5 Å². The summed E-state index contributed by atoms with van der Waals surface area (Å²) in [6.07, 6.45) is 1.34. The molecule has 0 unspecified atom stereocenters. The predicted molar refractivity (Wildman–Crippen MR) is 106 cm³/mol. The van der Waals surface area contributed by atoms with Gasteiger partial charge < -0.3 is 14.6 Å². The summed E-state index contributed by atoms with van der Waals surface area (Å²) in [5.74, 6) is -1.77. The second kappa shape index (κ2) is 8.91. The number of nitrogens with one attached hydrogen (secondary N) is 1. The van der Waals surface area contributed by atoms with Gasteiger partial charge in [0.2, 0.25) is 0 Å². The Morgan fingerprint density at radius 1 is 1.00 bits per heavy atom. The molecule has 0 aromatic heterocycles. The molecule has 2 aromatic carbocycles. The molecule has 154 valence electrons. The minimum absolute atomic E-state index is 0.220. The SMILES string of the molecule is CCOc1ccc(N2C(=O)NC(=O)C(=Cc3ccc(OCC(=O)O)cc3)C2=O)cc1. The Bertz CT molecular complexity index is 1010. The van der Waals surface area contributed by atoms with Gasteiger partial charge in [0.05, 0.1) is 12.3 Å². The summed E-state index contributed by atoms with van der Waals surface area (Å²) in [4.78, 5) is 48.7. The van der Waals surface area contributed by atoms with E-state index >= 15 is 0 Å². The fourth-order valence-electron chi connectivity index (χ4n) is 2.72. The number of anilines is 1. The Morgan fingerprint density at radius 3 is 2.20 bits per heavy atom. The van der Waals surface area contributed by atoms with Gasteiger partial charge in [-0.2, -0.15) is 0 Å². The molecule has 0 saturated carbocycles. The number of rotatable bonds is 7. The molecule has 9 heteroatoms. The van der Waals surface area contributed by atoms with Crippen LogP contribution >= 0.6 is 0 Å². The van der Waals surface area contributed by atoms with Crippen molar-refractivity contribution >= 4 is 35.6 Å². The largest absolute Gasteiger partial charge is 0.494 e. The number of imide groups is 2. The third-order valence-corrected chi connectivity index (χ3v) is 4.06. The van der Waals surface area contributed by atoms with Gasteiger partial charge in [0.15, 0.2) is 6.61 Å². The van der Waals surface area contributed by atoms with Crippen molar-refractivity contribution in [3.63, 3.8) is 0 Å². The Balaban J connectivity index is 1.83. The van der Waals surface area contributed by atoms with Crippen LogP contribution in [0, 0.1) is 0 Å². The first kappa shape index (κ1) is 20.6. The van der Waals surface area contributed by atoms with Crippen molar-refractivity contribution < 1.29 is 33.8 Å². The summed E-state index contributed by atoms with van der Waals surface area (Å²) in [5, 5.41) is 10.8. The Hall–Kier alpha value is -4.14. The van der Waals surface area contributed by atoms with Gasteiger partial charge in [-0.15, -0.1) is 0 Å². The van der Waals surface area contributed by atoms with E-state index in [9.17, 15) is 19.2 Å². The first-order valence-electron chi connectivity index (χ1n) is 8.98. The lowest BCUT2D eigenvalue weighted by molar-refractivity contribution is -0.139. The normalized spacial score (nSPS) is 15.2. The molecule has 2 N–H and O–H groups in total. The van der Waals surface area contributed by atoms with Gasteiger partial charge in [0.25, 0.3) is 11.8 Å². The number of carboxylic acids is 1. The molecule has 0 radical (unpaired) electrons. The average Bonchev–Trinajstić information content (AvgIpc) is 2.72. The minimum Gasteiger partial charge on any atom is -0.494 e. The lowest BCUT2D eigenvalue weighted by Crippen LogP contribution is -2.54. The molecule has 30 heavy (non-hydrogen) atoms. The molecule has 1 fully saturated rings. The van der Waals surface area contributed by atoms with Crippen LogP contribution in [0.4, 0.5) is 10.5 Å². The molecule has 1 heterocycles. The van der Waals surface area contributed by atoms with E-state index in [1.54, 1.807) is 36.4 Å². The molecule has 0 atom stereocenters. The van der Waals surface area contributed by atoms with E-state index in [4.69, 9.17) is 14.6 Å². The molecule has 0 spiro atoms. The van der Waals surface area contributed by atoms with Crippen LogP contribution in [-0.2, 0) is 14.4 Å². The van der Waals surface area contributed by atoms with Gasteiger partial charge in [-0.05, 0) is 55.0 Å². The zero-order valence-corrected chi connectivity index (χ0v) is 16.0. The van der Waals surface area contributed by atoms with Crippen LogP contribution in [0.15, 0.2) is 54.1 Å². The van der Waals surface area contributed by atoms with Crippen molar-refractivity contribution in [3.05, 3.63) is 59.7 Å². The van der Waals surface area contributed by atoms with Crippen molar-refractivity contribution in [2.45, 2.75) is 6.92 Å². The Labute approximate surface area is 171 Å². The second-order valence-corrected chi connectivity index (χ2v) is 6.14. The van der Waals surface area contributed by atoms with E-state index in [0.717, 1.165) is 4.90 Å². The highest BCUT2D eigenvalue weighted by Gasteiger charge is 2.36. The number of hydrogen-bond acceptors (Lipinski definition) is 6. The van der Waals surface area contributed by atoms with Crippen LogP contribution in [0.2, 0.25) is 0 Å². The molecule has 0 aliphatic carbocycles. The molecule has 1 aliphatic heterocycles. The number of ether oxygens (including phenoxy) is 2. The third-order valence-electron chi connectivity index (χ3n) is 4.06. The molecule has 2 aromatic rings. The zero-order chi connectivity index (χ0) is 21.7. The Morgan fingerprint density at radius 2 is 1.60 bits per heavy atom. The standard InChI is InChI=1S/C21H18N2O7/c1-2-29-15-9-5-14(6-10-15)23-20(27)17(19(26)22-21(23)28)11-13-3-7-16(8-4-13)30-12-18(24)25/h3-11H,2,12H2,1H3,(H,24,25)(H,22,26,28). The quantitative estimate of drug-likeness (QED) is 0.530. The van der Waals surface area contributed by atoms with E-state index in [0.29, 0.717) is 23.7 Å². The fraction of sp³-hybridized carbons (Fsp3) is 0.143. The van der Waals surface area contributed by atoms with Crippen molar-refractivity contribution in [2.24, 2.45) is 0 Å². The number of barbiturate groups is 1. The summed E-state index contributed by atoms with van der Waals surface area (Å²) in [6, 6.07) is 11.6. The summed E-state index contributed by atoms with van der Waals surface area (Å²) >= 11 is 0. The molecule has 9 nitrogen and oxygen atoms in total. The van der Waals surface area contributed by atoms with E-state index < -0.39 is 30.4 Å². The third kappa shape index (κ3) is 4.64. The van der Waals surface area contributed by atoms with Gasteiger partial charge in [-0.1, -0.05) is 12.1 Å². The van der Waals surface area contributed by atoms with Gasteiger partial charge in [0.1, 0.15) is 17.1 Å². The highest BCUT2D eigenvalue weighted by atomic mass is 16.5. The minimum atomic E-state index is -1.11. The van der Waals surface area contributed by atoms with E-state index in [1.807, 2.05) is 6.92 Å². The number of carboxylic acid groups (broad SMARTS) is 1. The predicted octanol–water partition coefficient (Wildman–Crippen LogP) is 2.22. The number of benzene rings is 2. The number of urea groups is 1. The maximum atomic E-state index is 12.9. The summed E-state index contributed by atoms with van der Waals surface area (Å²) in [7, 11) is 0. The number of nitrogens with zero attached hydrogens (tertiary/aromatic N) is 1. The monoisotopic (exact) mass is 410 g/mol. The molecule has 1 saturated heterocycles. The van der Waals surface area contributed by atoms with Crippen molar-refractivity contribution in [1.82, 2.24) is 5.32 Å². The maximum Gasteiger partial charge on any atom is 0.341 e. The Kier molecular flexibility index (Phi) is 6.11. The summed E-state index contributed by atoms with van der Waals surface area (Å²) in [5.41, 5.74) is 0.566. The van der Waals surface area contributed by atoms with Crippen molar-refractivity contribution in [2.75, 3.05) is 18.1 Å². The summed E-state index contributed by atoms with van der Waals surface area (Å²) < 4.78 is 10.4. The highest BCUT2D eigenvalue weighted by molar-refractivity contribution is 6.39. The van der Waals surface area contributed by atoms with E-state index in [2.05, 4.69) is 5.32 Å². The second-order valence-electron chi connectivity index (χ2n) is 6.14. The molecule has 3 rings (SSSR count). The van der Waals surface area contributed by atoms with Crippen LogP contribution < -0.4 is 19.7 Å². The average molecular weight is 410 g/mol. The molecular formula is C21H18N2O7. The number of carbonyl (C=O) groups is 4. The van der Waals surface area contributed by atoms with E-state index in [-0.39, 0.29) is 11.3 Å². The maximum absolute atomic E-state index is 12.9. The number of hydrogen-bond donors (Lipinski definition) is 2. The molecule has 1 aliphatic rings. The lowest BCUT2D eigenvalue weighted by Gasteiger charge is -2.26. The van der Waals surface area contributed by atoms with Crippen LogP contribution in [0.3, 0.4) is 0 Å². The number of carbonyl (C=O) groups excluding carboxylic acids is 3. The first-order chi connectivity index (χ1) is 14.4. The van der Waals surface area contributed by atoms with Crippen molar-refractivity contribution in [1.29, 1.82) is 0 Å². The van der Waals surface area contributed by atoms with Crippen LogP contribution in [0.5, 0.6) is 11.5 Å². The molecular weight excluding hydrogens is 392 g/mol. The fourth-order valence-corrected chi connectivity index (χ4v) is 2.72. The topological polar surface area (TPSA) is 122 Å². The molecule has 4 amide bonds. The number of aliphatic carboxylic acids is 1. The number of amides is 4. The van der Waals surface area contributed by atoms with Gasteiger partial charge in [-0.3, -0.25) is 14.9 Å². The van der Waals surface area contributed by atoms with Crippen molar-refractivity contribution in [3.8, 4) is 11.5 Å². The van der Waals surface area contributed by atoms with Crippen LogP contribution in [0.25, 0.3) is 6.08 Å².